The van der Waals surface area contributed by atoms with Gasteiger partial charge in [-0.1, -0.05) is 36.4 Å². The van der Waals surface area contributed by atoms with Crippen LogP contribution in [0.4, 0.5) is 30.6 Å². The van der Waals surface area contributed by atoms with E-state index in [-0.39, 0.29) is 23.2 Å². The largest absolute Gasteiger partial charge is 0.490 e. The molecule has 0 saturated carbocycles. The molecule has 9 nitrogen and oxygen atoms in total. The average molecular weight is 622 g/mol. The molecule has 4 aromatic rings. The SMILES string of the molecule is CCOc1ccccc1O[C@@H]1CCCN(c2cncc(Nc3ccc(C(F)(F)F)c(-c4ccc(C(C)(C)C(=O)O)cc4)n3)n2)C1. The predicted molar refractivity (Wildman–Crippen MR) is 164 cm³/mol. The smallest absolute Gasteiger partial charge is 0.418 e. The Labute approximate surface area is 259 Å². The number of nitrogens with zero attached hydrogens (tertiary/aromatic N) is 4. The molecule has 0 amide bonds. The molecule has 1 atom stereocenters. The first-order chi connectivity index (χ1) is 21.5. The Bertz CT molecular complexity index is 1650. The van der Waals surface area contributed by atoms with Gasteiger partial charge in [-0.05, 0) is 63.4 Å². The van der Waals surface area contributed by atoms with Crippen LogP contribution in [0.2, 0.25) is 0 Å². The Kier molecular flexibility index (Phi) is 9.12. The molecule has 1 aliphatic rings. The van der Waals surface area contributed by atoms with Gasteiger partial charge in [0.1, 0.15) is 17.7 Å². The Morgan fingerprint density at radius 1 is 1.00 bits per heavy atom. The van der Waals surface area contributed by atoms with Crippen molar-refractivity contribution in [2.45, 2.75) is 51.3 Å². The van der Waals surface area contributed by atoms with E-state index in [2.05, 4.69) is 25.2 Å². The Morgan fingerprint density at radius 3 is 2.42 bits per heavy atom. The molecule has 0 spiro atoms. The minimum absolute atomic E-state index is 0.106. The second kappa shape index (κ2) is 13.0. The first kappa shape index (κ1) is 31.6. The number of carbonyl (C=O) groups is 1. The van der Waals surface area contributed by atoms with E-state index in [0.29, 0.717) is 41.8 Å². The Hall–Kier alpha value is -4.87. The third-order valence-electron chi connectivity index (χ3n) is 7.64. The van der Waals surface area contributed by atoms with E-state index in [1.807, 2.05) is 31.2 Å². The van der Waals surface area contributed by atoms with Gasteiger partial charge in [0.05, 0.1) is 42.2 Å². The van der Waals surface area contributed by atoms with Gasteiger partial charge in [-0.15, -0.1) is 0 Å². The molecular weight excluding hydrogens is 587 g/mol. The van der Waals surface area contributed by atoms with Crippen LogP contribution in [0.15, 0.2) is 73.1 Å². The molecule has 1 saturated heterocycles. The quantitative estimate of drug-likeness (QED) is 0.191. The van der Waals surface area contributed by atoms with Crippen molar-refractivity contribution < 1.29 is 32.5 Å². The van der Waals surface area contributed by atoms with Gasteiger partial charge in [0, 0.05) is 12.1 Å². The number of carboxylic acids is 1. The van der Waals surface area contributed by atoms with Crippen LogP contribution in [0.1, 0.15) is 44.7 Å². The molecule has 2 N–H and O–H groups in total. The van der Waals surface area contributed by atoms with Crippen LogP contribution in [0.3, 0.4) is 0 Å². The molecule has 0 aliphatic carbocycles. The summed E-state index contributed by atoms with van der Waals surface area (Å²) >= 11 is 0. The molecule has 45 heavy (non-hydrogen) atoms. The number of halogens is 3. The third-order valence-corrected chi connectivity index (χ3v) is 7.64. The molecule has 0 unspecified atom stereocenters. The van der Waals surface area contributed by atoms with Gasteiger partial charge in [0.15, 0.2) is 17.3 Å². The minimum Gasteiger partial charge on any atom is -0.490 e. The van der Waals surface area contributed by atoms with Gasteiger partial charge in [-0.25, -0.2) is 9.97 Å². The second-order valence-electron chi connectivity index (χ2n) is 11.2. The topological polar surface area (TPSA) is 110 Å². The minimum atomic E-state index is -4.66. The summed E-state index contributed by atoms with van der Waals surface area (Å²) in [5.41, 5.74) is -1.76. The van der Waals surface area contributed by atoms with E-state index >= 15 is 0 Å². The highest BCUT2D eigenvalue weighted by Crippen LogP contribution is 2.38. The normalized spacial score (nSPS) is 15.4. The molecule has 0 radical (unpaired) electrons. The summed E-state index contributed by atoms with van der Waals surface area (Å²) in [6.07, 6.45) is 0.0676. The molecule has 0 bridgehead atoms. The summed E-state index contributed by atoms with van der Waals surface area (Å²) in [4.78, 5) is 27.0. The number of benzene rings is 2. The lowest BCUT2D eigenvalue weighted by Gasteiger charge is -2.33. The summed E-state index contributed by atoms with van der Waals surface area (Å²) in [5.74, 6) is 1.37. The van der Waals surface area contributed by atoms with Crippen LogP contribution in [-0.4, -0.2) is 51.8 Å². The summed E-state index contributed by atoms with van der Waals surface area (Å²) in [6.45, 7) is 6.81. The summed E-state index contributed by atoms with van der Waals surface area (Å²) in [5, 5.41) is 12.5. The lowest BCUT2D eigenvalue weighted by Crippen LogP contribution is -2.41. The average Bonchev–Trinajstić information content (AvgIpc) is 3.02. The zero-order chi connectivity index (χ0) is 32.2. The van der Waals surface area contributed by atoms with Crippen LogP contribution in [0.25, 0.3) is 11.3 Å². The number of aromatic nitrogens is 3. The van der Waals surface area contributed by atoms with E-state index in [1.165, 1.54) is 50.4 Å². The van der Waals surface area contributed by atoms with Crippen LogP contribution < -0.4 is 19.7 Å². The van der Waals surface area contributed by atoms with E-state index in [4.69, 9.17) is 9.47 Å². The zero-order valence-electron chi connectivity index (χ0n) is 25.1. The number of alkyl halides is 3. The van der Waals surface area contributed by atoms with Crippen LogP contribution >= 0.6 is 0 Å². The van der Waals surface area contributed by atoms with Crippen molar-refractivity contribution in [1.29, 1.82) is 0 Å². The molecule has 2 aromatic heterocycles. The number of carboxylic acid groups (broad SMARTS) is 1. The molecule has 236 valence electrons. The van der Waals surface area contributed by atoms with Crippen molar-refractivity contribution in [1.82, 2.24) is 15.0 Å². The molecule has 1 aliphatic heterocycles. The number of anilines is 3. The molecule has 12 heteroatoms. The van der Waals surface area contributed by atoms with E-state index < -0.39 is 23.1 Å². The van der Waals surface area contributed by atoms with Gasteiger partial charge in [0.25, 0.3) is 0 Å². The molecule has 3 heterocycles. The van der Waals surface area contributed by atoms with Crippen molar-refractivity contribution >= 4 is 23.4 Å². The highest BCUT2D eigenvalue weighted by molar-refractivity contribution is 5.80. The van der Waals surface area contributed by atoms with Crippen LogP contribution in [0, 0.1) is 0 Å². The van der Waals surface area contributed by atoms with Crippen molar-refractivity contribution in [2.24, 2.45) is 0 Å². The predicted octanol–water partition coefficient (Wildman–Crippen LogP) is 7.11. The highest BCUT2D eigenvalue weighted by Gasteiger charge is 2.35. The number of ether oxygens (including phenoxy) is 2. The number of pyridine rings is 1. The monoisotopic (exact) mass is 621 g/mol. The fourth-order valence-corrected chi connectivity index (χ4v) is 5.09. The number of hydrogen-bond donors (Lipinski definition) is 2. The Balaban J connectivity index is 1.36. The van der Waals surface area contributed by atoms with Crippen molar-refractivity contribution in [3.8, 4) is 22.8 Å². The maximum atomic E-state index is 14.0. The number of rotatable bonds is 10. The zero-order valence-corrected chi connectivity index (χ0v) is 25.1. The van der Waals surface area contributed by atoms with Crippen LogP contribution in [0.5, 0.6) is 11.5 Å². The van der Waals surface area contributed by atoms with Crippen molar-refractivity contribution in [3.63, 3.8) is 0 Å². The van der Waals surface area contributed by atoms with Gasteiger partial charge < -0.3 is 24.8 Å². The maximum Gasteiger partial charge on any atom is 0.418 e. The first-order valence-corrected chi connectivity index (χ1v) is 14.6. The fraction of sp³-hybridized carbons (Fsp3) is 0.333. The van der Waals surface area contributed by atoms with Crippen molar-refractivity contribution in [2.75, 3.05) is 29.9 Å². The molecule has 2 aromatic carbocycles. The summed E-state index contributed by atoms with van der Waals surface area (Å²) in [6, 6.07) is 15.7. The van der Waals surface area contributed by atoms with Gasteiger partial charge >= 0.3 is 12.1 Å². The van der Waals surface area contributed by atoms with E-state index in [0.717, 1.165) is 25.5 Å². The summed E-state index contributed by atoms with van der Waals surface area (Å²) < 4.78 is 53.9. The van der Waals surface area contributed by atoms with Crippen LogP contribution in [-0.2, 0) is 16.4 Å². The van der Waals surface area contributed by atoms with Gasteiger partial charge in [-0.2, -0.15) is 13.2 Å². The highest BCUT2D eigenvalue weighted by atomic mass is 19.4. The van der Waals surface area contributed by atoms with Crippen molar-refractivity contribution in [3.05, 3.63) is 84.2 Å². The Morgan fingerprint density at radius 2 is 1.73 bits per heavy atom. The van der Waals surface area contributed by atoms with Gasteiger partial charge in [0.2, 0.25) is 0 Å². The molecule has 1 fully saturated rings. The first-order valence-electron chi connectivity index (χ1n) is 14.6. The number of para-hydroxylation sites is 2. The number of nitrogens with one attached hydrogen (secondary N) is 1. The lowest BCUT2D eigenvalue weighted by atomic mass is 9.84. The lowest BCUT2D eigenvalue weighted by molar-refractivity contribution is -0.142. The molecule has 5 rings (SSSR count). The number of aliphatic carboxylic acids is 1. The van der Waals surface area contributed by atoms with Gasteiger partial charge in [-0.3, -0.25) is 9.78 Å². The fourth-order valence-electron chi connectivity index (χ4n) is 5.09. The summed E-state index contributed by atoms with van der Waals surface area (Å²) in [7, 11) is 0. The van der Waals surface area contributed by atoms with E-state index in [1.54, 1.807) is 6.20 Å². The standard InChI is InChI=1S/C33H34F3N5O4/c1-4-44-25-9-5-6-10-26(25)45-23-8-7-17-41(20-23)29-19-37-18-28(39-29)38-27-16-15-24(33(34,35)36)30(40-27)21-11-13-22(14-12-21)32(2,3)31(42)43/h5-6,9-16,18-19,23H,4,7-8,17,20H2,1-3H3,(H,42,43)(H,38,39,40)/t23-/m1/s1. The third kappa shape index (κ3) is 7.27. The number of hydrogen-bond acceptors (Lipinski definition) is 8. The maximum absolute atomic E-state index is 14.0. The second-order valence-corrected chi connectivity index (χ2v) is 11.2. The van der Waals surface area contributed by atoms with E-state index in [9.17, 15) is 23.1 Å². The number of piperidine rings is 1. The molecular formula is C33H34F3N5O4.